The molecule has 2 aromatic heterocycles. The Balaban J connectivity index is 1.60. The zero-order valence-corrected chi connectivity index (χ0v) is 22.9. The smallest absolute Gasteiger partial charge is 0.241 e. The van der Waals surface area contributed by atoms with Gasteiger partial charge in [-0.3, -0.25) is 15.1 Å². The van der Waals surface area contributed by atoms with Crippen molar-refractivity contribution in [3.05, 3.63) is 47.0 Å². The number of fused-ring (bicyclic) bond motifs is 1. The molecule has 1 fully saturated rings. The normalized spacial score (nSPS) is 15.9. The molecule has 37 heavy (non-hydrogen) atoms. The van der Waals surface area contributed by atoms with Crippen LogP contribution < -0.4 is 16.0 Å². The average molecular weight is 570 g/mol. The van der Waals surface area contributed by atoms with Crippen LogP contribution in [0.1, 0.15) is 6.92 Å². The van der Waals surface area contributed by atoms with Gasteiger partial charge in [-0.05, 0) is 36.0 Å². The number of amides is 1. The molecule has 3 heterocycles. The molecule has 1 aliphatic heterocycles. The molecular formula is C25H32BrN9O2. The van der Waals surface area contributed by atoms with Crippen molar-refractivity contribution < 1.29 is 9.53 Å². The van der Waals surface area contributed by atoms with Crippen LogP contribution in [-0.4, -0.2) is 90.0 Å². The SMILES string of the molecule is CN/C=C(/Nc1ncc(Br)c(-c2c[nH]c3c(NC(=O)[C@@H](C)N4CCN(C)CC4)cccc23)n1)C(=N)OC. The molecule has 3 aromatic rings. The summed E-state index contributed by atoms with van der Waals surface area (Å²) >= 11 is 3.56. The van der Waals surface area contributed by atoms with Gasteiger partial charge >= 0.3 is 0 Å². The Hall–Kier alpha value is -3.48. The fourth-order valence-corrected chi connectivity index (χ4v) is 4.62. The molecule has 0 spiro atoms. The van der Waals surface area contributed by atoms with Crippen LogP contribution in [0.2, 0.25) is 0 Å². The molecule has 0 saturated carbocycles. The monoisotopic (exact) mass is 569 g/mol. The summed E-state index contributed by atoms with van der Waals surface area (Å²) in [6, 6.07) is 5.56. The second kappa shape index (κ2) is 11.7. The molecule has 5 N–H and O–H groups in total. The molecular weight excluding hydrogens is 538 g/mol. The van der Waals surface area contributed by atoms with Crippen molar-refractivity contribution in [1.29, 1.82) is 5.41 Å². The summed E-state index contributed by atoms with van der Waals surface area (Å²) in [5.74, 6) is 0.217. The Bertz CT molecular complexity index is 1310. The van der Waals surface area contributed by atoms with Crippen LogP contribution in [0.5, 0.6) is 0 Å². The number of anilines is 2. The van der Waals surface area contributed by atoms with Crippen LogP contribution in [0.3, 0.4) is 0 Å². The van der Waals surface area contributed by atoms with Crippen molar-refractivity contribution in [3.8, 4) is 11.3 Å². The number of carbonyl (C=O) groups is 1. The average Bonchev–Trinajstić information content (AvgIpc) is 3.34. The third-order valence-corrected chi connectivity index (χ3v) is 7.00. The number of methoxy groups -OCH3 is 1. The molecule has 1 aromatic carbocycles. The number of halogens is 1. The number of likely N-dealkylation sites (N-methyl/N-ethyl adjacent to an activating group) is 1. The van der Waals surface area contributed by atoms with E-state index in [1.54, 1.807) is 19.4 Å². The highest BCUT2D eigenvalue weighted by molar-refractivity contribution is 9.10. The Morgan fingerprint density at radius 2 is 2.03 bits per heavy atom. The Morgan fingerprint density at radius 1 is 1.27 bits per heavy atom. The summed E-state index contributed by atoms with van der Waals surface area (Å²) in [6.45, 7) is 5.60. The van der Waals surface area contributed by atoms with Crippen LogP contribution in [0, 0.1) is 5.41 Å². The standard InChI is InChI=1S/C25H32BrN9O2/c1-15(35-10-8-34(3)9-11-35)24(36)31-19-7-5-6-16-17(12-29-22(16)19)21-18(26)13-30-25(33-21)32-20(14-28-2)23(27)37-4/h5-7,12-15,27-29H,8-11H2,1-4H3,(H,31,36)(H,30,32,33)/b20-14+,27-23?/t15-/m1/s1. The van der Waals surface area contributed by atoms with Crippen molar-refractivity contribution in [3.63, 3.8) is 0 Å². The molecule has 1 aliphatic rings. The molecule has 0 radical (unpaired) electrons. The number of aromatic nitrogens is 3. The number of carbonyl (C=O) groups excluding carboxylic acids is 1. The highest BCUT2D eigenvalue weighted by Gasteiger charge is 2.25. The predicted octanol–water partition coefficient (Wildman–Crippen LogP) is 3.06. The second-order valence-corrected chi connectivity index (χ2v) is 9.68. The minimum atomic E-state index is -0.228. The summed E-state index contributed by atoms with van der Waals surface area (Å²) in [4.78, 5) is 29.9. The Morgan fingerprint density at radius 3 is 2.73 bits per heavy atom. The summed E-state index contributed by atoms with van der Waals surface area (Å²) in [5, 5.41) is 17.9. The first-order valence-electron chi connectivity index (χ1n) is 12.0. The minimum absolute atomic E-state index is 0.0349. The quantitative estimate of drug-likeness (QED) is 0.206. The van der Waals surface area contributed by atoms with E-state index in [2.05, 4.69) is 63.7 Å². The van der Waals surface area contributed by atoms with Crippen LogP contribution >= 0.6 is 15.9 Å². The zero-order valence-electron chi connectivity index (χ0n) is 21.4. The van der Waals surface area contributed by atoms with Gasteiger partial charge in [-0.2, -0.15) is 0 Å². The molecule has 1 amide bonds. The second-order valence-electron chi connectivity index (χ2n) is 8.83. The highest BCUT2D eigenvalue weighted by Crippen LogP contribution is 2.35. The Kier molecular flexibility index (Phi) is 8.41. The van der Waals surface area contributed by atoms with Crippen molar-refractivity contribution in [2.24, 2.45) is 0 Å². The van der Waals surface area contributed by atoms with Gasteiger partial charge in [-0.25, -0.2) is 9.97 Å². The predicted molar refractivity (Wildman–Crippen MR) is 150 cm³/mol. The number of nitrogens with one attached hydrogen (secondary N) is 5. The maximum Gasteiger partial charge on any atom is 0.241 e. The fraction of sp³-hybridized carbons (Fsp3) is 0.360. The van der Waals surface area contributed by atoms with Crippen molar-refractivity contribution in [2.45, 2.75) is 13.0 Å². The van der Waals surface area contributed by atoms with E-state index in [9.17, 15) is 4.79 Å². The third-order valence-electron chi connectivity index (χ3n) is 6.42. The third kappa shape index (κ3) is 5.92. The van der Waals surface area contributed by atoms with Crippen LogP contribution in [0.15, 0.2) is 47.0 Å². The highest BCUT2D eigenvalue weighted by atomic mass is 79.9. The van der Waals surface area contributed by atoms with Crippen molar-refractivity contribution >= 4 is 50.3 Å². The lowest BCUT2D eigenvalue weighted by Gasteiger charge is -2.35. The molecule has 0 bridgehead atoms. The molecule has 0 unspecified atom stereocenters. The van der Waals surface area contributed by atoms with Gasteiger partial charge in [0.25, 0.3) is 0 Å². The van der Waals surface area contributed by atoms with Gasteiger partial charge in [-0.1, -0.05) is 12.1 Å². The minimum Gasteiger partial charge on any atom is -0.480 e. The fourth-order valence-electron chi connectivity index (χ4n) is 4.22. The first-order valence-corrected chi connectivity index (χ1v) is 12.8. The van der Waals surface area contributed by atoms with E-state index in [0.717, 1.165) is 42.6 Å². The van der Waals surface area contributed by atoms with E-state index in [4.69, 9.17) is 10.1 Å². The maximum absolute atomic E-state index is 13.1. The molecule has 4 rings (SSSR count). The number of piperazine rings is 1. The number of benzene rings is 1. The molecule has 1 saturated heterocycles. The number of ether oxygens (including phenoxy) is 1. The number of H-pyrrole nitrogens is 1. The lowest BCUT2D eigenvalue weighted by molar-refractivity contribution is -0.121. The number of hydrogen-bond donors (Lipinski definition) is 5. The largest absolute Gasteiger partial charge is 0.480 e. The molecule has 11 nitrogen and oxygen atoms in total. The lowest BCUT2D eigenvalue weighted by atomic mass is 10.1. The van der Waals surface area contributed by atoms with Gasteiger partial charge in [0.1, 0.15) is 5.70 Å². The summed E-state index contributed by atoms with van der Waals surface area (Å²) in [7, 11) is 5.26. The van der Waals surface area contributed by atoms with Gasteiger partial charge < -0.3 is 30.6 Å². The van der Waals surface area contributed by atoms with Crippen molar-refractivity contribution in [1.82, 2.24) is 30.1 Å². The summed E-state index contributed by atoms with van der Waals surface area (Å²) in [6.07, 6.45) is 5.11. The molecule has 0 aliphatic carbocycles. The van der Waals surface area contributed by atoms with Gasteiger partial charge in [0.05, 0.1) is 34.5 Å². The van der Waals surface area contributed by atoms with Gasteiger partial charge in [0.15, 0.2) is 0 Å². The van der Waals surface area contributed by atoms with Crippen LogP contribution in [-0.2, 0) is 9.53 Å². The number of rotatable bonds is 8. The molecule has 12 heteroatoms. The van der Waals surface area contributed by atoms with Gasteiger partial charge in [0, 0.05) is 62.8 Å². The van der Waals surface area contributed by atoms with Crippen molar-refractivity contribution in [2.75, 3.05) is 58.0 Å². The number of nitrogens with zero attached hydrogens (tertiary/aromatic N) is 4. The first kappa shape index (κ1) is 26.6. The summed E-state index contributed by atoms with van der Waals surface area (Å²) < 4.78 is 5.74. The summed E-state index contributed by atoms with van der Waals surface area (Å²) in [5.41, 5.74) is 3.42. The van der Waals surface area contributed by atoms with E-state index >= 15 is 0 Å². The maximum atomic E-state index is 13.1. The van der Waals surface area contributed by atoms with Crippen LogP contribution in [0.4, 0.5) is 11.6 Å². The number of para-hydroxylation sites is 1. The number of hydrogen-bond acceptors (Lipinski definition) is 9. The first-order chi connectivity index (χ1) is 17.8. The lowest BCUT2D eigenvalue weighted by Crippen LogP contribution is -2.51. The molecule has 196 valence electrons. The van der Waals surface area contributed by atoms with Crippen LogP contribution in [0.25, 0.3) is 22.2 Å². The van der Waals surface area contributed by atoms with E-state index in [-0.39, 0.29) is 17.8 Å². The van der Waals surface area contributed by atoms with E-state index in [1.807, 2.05) is 31.3 Å². The van der Waals surface area contributed by atoms with Gasteiger partial charge in [0.2, 0.25) is 17.8 Å². The topological polar surface area (TPSA) is 134 Å². The zero-order chi connectivity index (χ0) is 26.5. The van der Waals surface area contributed by atoms with E-state index in [0.29, 0.717) is 27.5 Å². The Labute approximate surface area is 224 Å². The number of aromatic amines is 1. The van der Waals surface area contributed by atoms with E-state index < -0.39 is 0 Å². The van der Waals surface area contributed by atoms with Gasteiger partial charge in [-0.15, -0.1) is 0 Å². The molecule has 1 atom stereocenters. The van der Waals surface area contributed by atoms with E-state index in [1.165, 1.54) is 7.11 Å².